The third-order valence-corrected chi connectivity index (χ3v) is 9.10. The van der Waals surface area contributed by atoms with Gasteiger partial charge in [0.2, 0.25) is 5.91 Å². The molecular weight excluding hydrogens is 503 g/mol. The number of hydrogen-bond acceptors (Lipinski definition) is 7. The van der Waals surface area contributed by atoms with Gasteiger partial charge in [-0.05, 0) is 62.9 Å². The summed E-state index contributed by atoms with van der Waals surface area (Å²) < 4.78 is 0. The van der Waals surface area contributed by atoms with Gasteiger partial charge in [-0.25, -0.2) is 0 Å². The highest BCUT2D eigenvalue weighted by Gasteiger charge is 2.51. The number of aliphatic hydroxyl groups excluding tert-OH is 2. The summed E-state index contributed by atoms with van der Waals surface area (Å²) in [4.78, 5) is 34.2. The van der Waals surface area contributed by atoms with Crippen molar-refractivity contribution in [2.45, 2.75) is 43.7 Å². The van der Waals surface area contributed by atoms with Crippen LogP contribution >= 0.6 is 23.2 Å². The summed E-state index contributed by atoms with van der Waals surface area (Å²) in [7, 11) is 1.86. The van der Waals surface area contributed by atoms with E-state index in [1.165, 1.54) is 0 Å². The van der Waals surface area contributed by atoms with Gasteiger partial charge in [-0.3, -0.25) is 4.79 Å². The van der Waals surface area contributed by atoms with Crippen LogP contribution in [0.2, 0.25) is 10.0 Å². The molecule has 0 radical (unpaired) electrons. The highest BCUT2D eigenvalue weighted by atomic mass is 35.5. The van der Waals surface area contributed by atoms with Crippen LogP contribution in [-0.4, -0.2) is 115 Å². The summed E-state index contributed by atoms with van der Waals surface area (Å²) in [5.41, 5.74) is -0.00709. The van der Waals surface area contributed by atoms with Crippen LogP contribution < -0.4 is 4.90 Å². The number of nitrogens with zero attached hydrogens (tertiary/aromatic N) is 4. The molecule has 36 heavy (non-hydrogen) atoms. The van der Waals surface area contributed by atoms with E-state index in [4.69, 9.17) is 23.2 Å². The van der Waals surface area contributed by atoms with E-state index in [9.17, 15) is 19.8 Å². The fourth-order valence-corrected chi connectivity index (χ4v) is 6.08. The first-order valence-electron chi connectivity index (χ1n) is 12.9. The van der Waals surface area contributed by atoms with Crippen LogP contribution in [0.4, 0.5) is 5.69 Å². The summed E-state index contributed by atoms with van der Waals surface area (Å²) in [6.07, 6.45) is 4.54. The molecule has 1 amide bonds. The van der Waals surface area contributed by atoms with Gasteiger partial charge in [0, 0.05) is 57.9 Å². The number of amides is 1. The Kier molecular flexibility index (Phi) is 8.85. The van der Waals surface area contributed by atoms with Crippen molar-refractivity contribution < 1.29 is 19.8 Å². The van der Waals surface area contributed by atoms with Crippen LogP contribution in [0.15, 0.2) is 18.2 Å². The zero-order valence-electron chi connectivity index (χ0n) is 21.0. The van der Waals surface area contributed by atoms with E-state index in [0.717, 1.165) is 37.8 Å². The first-order valence-corrected chi connectivity index (χ1v) is 13.6. The maximum Gasteiger partial charge on any atom is 0.225 e. The summed E-state index contributed by atoms with van der Waals surface area (Å²) in [5.74, 6) is -0.0577. The van der Waals surface area contributed by atoms with Gasteiger partial charge in [0.25, 0.3) is 0 Å². The summed E-state index contributed by atoms with van der Waals surface area (Å²) in [5, 5.41) is 21.0. The van der Waals surface area contributed by atoms with Gasteiger partial charge < -0.3 is 34.6 Å². The van der Waals surface area contributed by atoms with Crippen LogP contribution in [0.1, 0.15) is 32.1 Å². The maximum absolute atomic E-state index is 13.4. The lowest BCUT2D eigenvalue weighted by Gasteiger charge is -2.44. The monoisotopic (exact) mass is 540 g/mol. The van der Waals surface area contributed by atoms with Crippen LogP contribution in [-0.2, 0) is 9.59 Å². The zero-order valence-corrected chi connectivity index (χ0v) is 22.6. The Hall–Kier alpha value is -1.42. The summed E-state index contributed by atoms with van der Waals surface area (Å²) >= 11 is 12.3. The van der Waals surface area contributed by atoms with Gasteiger partial charge in [0.15, 0.2) is 0 Å². The third kappa shape index (κ3) is 6.00. The van der Waals surface area contributed by atoms with Crippen LogP contribution in [0.5, 0.6) is 0 Å². The second-order valence-electron chi connectivity index (χ2n) is 10.7. The molecule has 2 atom stereocenters. The fraction of sp³-hybridized carbons (Fsp3) is 0.692. The molecule has 3 aliphatic rings. The highest BCUT2D eigenvalue weighted by molar-refractivity contribution is 6.42. The highest BCUT2D eigenvalue weighted by Crippen LogP contribution is 2.53. The average molecular weight is 542 g/mol. The number of likely N-dealkylation sites (tertiary alicyclic amines) is 1. The molecule has 2 saturated heterocycles. The predicted octanol–water partition coefficient (Wildman–Crippen LogP) is 2.13. The van der Waals surface area contributed by atoms with E-state index in [1.807, 2.05) is 18.0 Å². The van der Waals surface area contributed by atoms with Crippen LogP contribution in [0.25, 0.3) is 0 Å². The molecule has 1 saturated carbocycles. The normalized spacial score (nSPS) is 24.2. The number of aldehydes is 1. The van der Waals surface area contributed by atoms with E-state index in [0.29, 0.717) is 62.3 Å². The smallest absolute Gasteiger partial charge is 0.225 e. The largest absolute Gasteiger partial charge is 0.395 e. The first-order chi connectivity index (χ1) is 17.2. The summed E-state index contributed by atoms with van der Waals surface area (Å²) in [6, 6.07) is 5.45. The quantitative estimate of drug-likeness (QED) is 0.439. The van der Waals surface area contributed by atoms with Crippen molar-refractivity contribution in [3.05, 3.63) is 28.2 Å². The second-order valence-corrected chi connectivity index (χ2v) is 11.6. The minimum atomic E-state index is -1.02. The van der Waals surface area contributed by atoms with Crippen molar-refractivity contribution in [1.29, 1.82) is 0 Å². The number of aliphatic hydroxyl groups is 2. The Morgan fingerprint density at radius 3 is 2.58 bits per heavy atom. The summed E-state index contributed by atoms with van der Waals surface area (Å²) in [6.45, 7) is 4.36. The number of halogens is 2. The predicted molar refractivity (Wildman–Crippen MR) is 142 cm³/mol. The lowest BCUT2D eigenvalue weighted by molar-refractivity contribution is -0.143. The van der Waals surface area contributed by atoms with Crippen molar-refractivity contribution in [3.63, 3.8) is 0 Å². The van der Waals surface area contributed by atoms with Gasteiger partial charge in [0.05, 0.1) is 22.8 Å². The number of anilines is 1. The van der Waals surface area contributed by atoms with E-state index in [1.54, 1.807) is 17.0 Å². The van der Waals surface area contributed by atoms with Crippen molar-refractivity contribution in [2.75, 3.05) is 70.9 Å². The van der Waals surface area contributed by atoms with Gasteiger partial charge in [-0.2, -0.15) is 0 Å². The number of carbonyl (C=O) groups is 2. The standard InChI is InChI=1S/C26H38Cl2N4O4/c1-29(14-15-33)18-26(19-34,8-11-30-10-7-25(5-6-25)23(35)17-30)32-13-12-31(9-4-24(32)36)20-2-3-21(27)22(28)16-20/h2-3,16,19,23,33,35H,4-15,17-18H2,1H3/t23-,26-/m1/s1. The Morgan fingerprint density at radius 1 is 1.17 bits per heavy atom. The molecule has 0 aromatic heterocycles. The lowest BCUT2D eigenvalue weighted by Crippen LogP contribution is -2.61. The number of rotatable bonds is 10. The topological polar surface area (TPSA) is 87.6 Å². The molecule has 2 heterocycles. The fourth-order valence-electron chi connectivity index (χ4n) is 5.79. The van der Waals surface area contributed by atoms with Gasteiger partial charge >= 0.3 is 0 Å². The molecule has 2 N–H and O–H groups in total. The minimum absolute atomic E-state index is 0.0229. The van der Waals surface area contributed by atoms with Crippen LogP contribution in [0, 0.1) is 5.41 Å². The molecule has 2 aliphatic heterocycles. The van der Waals surface area contributed by atoms with Crippen molar-refractivity contribution in [2.24, 2.45) is 5.41 Å². The molecule has 1 aromatic carbocycles. The van der Waals surface area contributed by atoms with E-state index >= 15 is 0 Å². The molecule has 1 aromatic rings. The number of piperidine rings is 1. The molecule has 0 unspecified atom stereocenters. The van der Waals surface area contributed by atoms with Crippen LogP contribution in [0.3, 0.4) is 0 Å². The van der Waals surface area contributed by atoms with Gasteiger partial charge in [0.1, 0.15) is 11.8 Å². The molecular formula is C26H38Cl2N4O4. The van der Waals surface area contributed by atoms with Gasteiger partial charge in [-0.15, -0.1) is 0 Å². The van der Waals surface area contributed by atoms with E-state index < -0.39 is 5.54 Å². The second kappa shape index (κ2) is 11.5. The molecule has 1 spiro atoms. The molecule has 10 heteroatoms. The average Bonchev–Trinajstić information content (AvgIpc) is 3.66. The number of β-amino-alcohol motifs (C(OH)–C–C–N with tert-alkyl or cyclic N) is 1. The molecule has 8 nitrogen and oxygen atoms in total. The molecule has 3 fully saturated rings. The van der Waals surface area contributed by atoms with Crippen molar-refractivity contribution in [1.82, 2.24) is 14.7 Å². The number of likely N-dealkylation sites (N-methyl/N-ethyl adjacent to an activating group) is 1. The molecule has 1 aliphatic carbocycles. The third-order valence-electron chi connectivity index (χ3n) is 8.36. The Balaban J connectivity index is 1.50. The SMILES string of the molecule is CN(CCO)C[C@@](C=O)(CCN1CCC2(CC2)[C@H](O)C1)N1CCN(c2ccc(Cl)c(Cl)c2)CCC1=O. The van der Waals surface area contributed by atoms with Gasteiger partial charge in [-0.1, -0.05) is 23.2 Å². The number of carbonyl (C=O) groups excluding carboxylic acids is 2. The number of hydrogen-bond donors (Lipinski definition) is 2. The zero-order chi connectivity index (χ0) is 25.9. The Morgan fingerprint density at radius 2 is 1.94 bits per heavy atom. The minimum Gasteiger partial charge on any atom is -0.395 e. The van der Waals surface area contributed by atoms with Crippen molar-refractivity contribution >= 4 is 41.1 Å². The molecule has 4 rings (SSSR count). The first kappa shape index (κ1) is 27.6. The van der Waals surface area contributed by atoms with E-state index in [2.05, 4.69) is 9.80 Å². The Labute approximate surface area is 223 Å². The molecule has 0 bridgehead atoms. The maximum atomic E-state index is 13.4. The number of benzene rings is 1. The molecule has 200 valence electrons. The lowest BCUT2D eigenvalue weighted by atomic mass is 9.88. The van der Waals surface area contributed by atoms with Crippen molar-refractivity contribution in [3.8, 4) is 0 Å². The Bertz CT molecular complexity index is 947. The van der Waals surface area contributed by atoms with E-state index in [-0.39, 0.29) is 30.5 Å².